The molecule has 0 amide bonds. The quantitative estimate of drug-likeness (QED) is 0.762. The van der Waals surface area contributed by atoms with Crippen LogP contribution in [0.2, 0.25) is 0 Å². The molecular formula is C13H26N2OS. The van der Waals surface area contributed by atoms with Gasteiger partial charge in [0.2, 0.25) is 0 Å². The maximum absolute atomic E-state index is 5.40. The molecule has 0 aliphatic carbocycles. The molecule has 0 saturated carbocycles. The maximum atomic E-state index is 5.40. The Morgan fingerprint density at radius 2 is 2.12 bits per heavy atom. The zero-order valence-electron chi connectivity index (χ0n) is 11.5. The molecule has 1 rings (SSSR count). The second kappa shape index (κ2) is 7.98. The third-order valence-corrected chi connectivity index (χ3v) is 4.50. The normalized spacial score (nSPS) is 21.7. The minimum atomic E-state index is 0.349. The summed E-state index contributed by atoms with van der Waals surface area (Å²) in [5.74, 6) is 0.797. The van der Waals surface area contributed by atoms with Crippen LogP contribution in [-0.4, -0.2) is 36.2 Å². The first-order valence-electron chi connectivity index (χ1n) is 6.76. The van der Waals surface area contributed by atoms with E-state index < -0.39 is 0 Å². The first-order valence-corrected chi connectivity index (χ1v) is 7.64. The van der Waals surface area contributed by atoms with E-state index >= 15 is 0 Å². The molecule has 2 unspecified atom stereocenters. The van der Waals surface area contributed by atoms with Crippen LogP contribution in [0.15, 0.2) is 4.99 Å². The van der Waals surface area contributed by atoms with Gasteiger partial charge in [-0.15, -0.1) is 0 Å². The highest BCUT2D eigenvalue weighted by Crippen LogP contribution is 2.30. The van der Waals surface area contributed by atoms with Crippen LogP contribution in [0.4, 0.5) is 0 Å². The number of rotatable bonds is 7. The van der Waals surface area contributed by atoms with E-state index in [2.05, 4.69) is 31.1 Å². The Balaban J connectivity index is 2.29. The van der Waals surface area contributed by atoms with Gasteiger partial charge in [0, 0.05) is 17.9 Å². The Kier molecular flexibility index (Phi) is 6.97. The van der Waals surface area contributed by atoms with Crippen molar-refractivity contribution in [2.75, 3.05) is 19.8 Å². The number of hydrogen-bond donors (Lipinski definition) is 1. The predicted molar refractivity (Wildman–Crippen MR) is 76.8 cm³/mol. The minimum absolute atomic E-state index is 0.349. The van der Waals surface area contributed by atoms with Gasteiger partial charge < -0.3 is 10.1 Å². The molecule has 1 aliphatic heterocycles. The molecule has 0 saturated heterocycles. The van der Waals surface area contributed by atoms with Crippen molar-refractivity contribution in [3.63, 3.8) is 0 Å². The lowest BCUT2D eigenvalue weighted by atomic mass is 9.99. The summed E-state index contributed by atoms with van der Waals surface area (Å²) in [6.45, 7) is 11.2. The molecule has 1 heterocycles. The van der Waals surface area contributed by atoms with Gasteiger partial charge in [-0.3, -0.25) is 4.99 Å². The fourth-order valence-electron chi connectivity index (χ4n) is 2.08. The van der Waals surface area contributed by atoms with Crippen molar-refractivity contribution in [3.8, 4) is 0 Å². The van der Waals surface area contributed by atoms with Crippen LogP contribution in [0.25, 0.3) is 0 Å². The van der Waals surface area contributed by atoms with E-state index in [-0.39, 0.29) is 0 Å². The summed E-state index contributed by atoms with van der Waals surface area (Å²) < 4.78 is 5.40. The molecule has 0 aromatic carbocycles. The summed E-state index contributed by atoms with van der Waals surface area (Å²) >= 11 is 1.91. The zero-order chi connectivity index (χ0) is 12.7. The van der Waals surface area contributed by atoms with Gasteiger partial charge in [0.1, 0.15) is 0 Å². The van der Waals surface area contributed by atoms with Crippen LogP contribution >= 0.6 is 11.8 Å². The SMILES string of the molecule is CCOCC(C)NC1=NCC(C(CC)CC)S1. The number of amidine groups is 1. The van der Waals surface area contributed by atoms with Crippen molar-refractivity contribution in [3.05, 3.63) is 0 Å². The van der Waals surface area contributed by atoms with E-state index in [1.54, 1.807) is 0 Å². The summed E-state index contributed by atoms with van der Waals surface area (Å²) in [5, 5.41) is 5.21. The first-order chi connectivity index (χ1) is 8.21. The summed E-state index contributed by atoms with van der Waals surface area (Å²) in [5.41, 5.74) is 0. The number of aliphatic imine (C=N–C) groups is 1. The van der Waals surface area contributed by atoms with E-state index in [0.717, 1.165) is 30.8 Å². The van der Waals surface area contributed by atoms with E-state index in [4.69, 9.17) is 4.74 Å². The highest BCUT2D eigenvalue weighted by molar-refractivity contribution is 8.14. The second-order valence-electron chi connectivity index (χ2n) is 4.58. The Morgan fingerprint density at radius 3 is 2.71 bits per heavy atom. The summed E-state index contributed by atoms with van der Waals surface area (Å²) in [4.78, 5) is 4.59. The van der Waals surface area contributed by atoms with E-state index in [1.165, 1.54) is 12.8 Å². The second-order valence-corrected chi connectivity index (χ2v) is 5.81. The summed E-state index contributed by atoms with van der Waals surface area (Å²) in [6, 6.07) is 0.349. The summed E-state index contributed by atoms with van der Waals surface area (Å²) in [6.07, 6.45) is 2.51. The molecule has 3 nitrogen and oxygen atoms in total. The molecule has 17 heavy (non-hydrogen) atoms. The van der Waals surface area contributed by atoms with Crippen molar-refractivity contribution in [2.24, 2.45) is 10.9 Å². The van der Waals surface area contributed by atoms with Gasteiger partial charge in [-0.25, -0.2) is 0 Å². The van der Waals surface area contributed by atoms with Gasteiger partial charge in [-0.1, -0.05) is 38.5 Å². The zero-order valence-corrected chi connectivity index (χ0v) is 12.3. The molecule has 0 aromatic rings. The third-order valence-electron chi connectivity index (χ3n) is 3.19. The molecule has 100 valence electrons. The standard InChI is InChI=1S/C13H26N2OS/c1-5-11(6-2)12-8-14-13(17-12)15-10(4)9-16-7-3/h10-12H,5-9H2,1-4H3,(H,14,15). The Labute approximate surface area is 110 Å². The number of ether oxygens (including phenoxy) is 1. The van der Waals surface area contributed by atoms with Crippen molar-refractivity contribution < 1.29 is 4.74 Å². The number of nitrogens with zero attached hydrogens (tertiary/aromatic N) is 1. The van der Waals surface area contributed by atoms with Gasteiger partial charge in [-0.2, -0.15) is 0 Å². The monoisotopic (exact) mass is 258 g/mol. The van der Waals surface area contributed by atoms with Crippen LogP contribution < -0.4 is 5.32 Å². The van der Waals surface area contributed by atoms with Gasteiger partial charge in [0.05, 0.1) is 13.2 Å². The molecule has 0 fully saturated rings. The highest BCUT2D eigenvalue weighted by Gasteiger charge is 2.26. The van der Waals surface area contributed by atoms with Crippen molar-refractivity contribution in [1.82, 2.24) is 5.32 Å². The molecule has 4 heteroatoms. The minimum Gasteiger partial charge on any atom is -0.380 e. The lowest BCUT2D eigenvalue weighted by Crippen LogP contribution is -2.34. The third kappa shape index (κ3) is 4.88. The number of hydrogen-bond acceptors (Lipinski definition) is 4. The maximum Gasteiger partial charge on any atom is 0.157 e. The van der Waals surface area contributed by atoms with Gasteiger partial charge in [-0.05, 0) is 19.8 Å². The Morgan fingerprint density at radius 1 is 1.41 bits per heavy atom. The van der Waals surface area contributed by atoms with Crippen molar-refractivity contribution in [1.29, 1.82) is 0 Å². The molecule has 0 spiro atoms. The lowest BCUT2D eigenvalue weighted by Gasteiger charge is -2.19. The average Bonchev–Trinajstić information content (AvgIpc) is 2.76. The van der Waals surface area contributed by atoms with E-state index in [9.17, 15) is 0 Å². The molecular weight excluding hydrogens is 232 g/mol. The van der Waals surface area contributed by atoms with Crippen molar-refractivity contribution in [2.45, 2.75) is 51.8 Å². The van der Waals surface area contributed by atoms with Crippen LogP contribution in [0.1, 0.15) is 40.5 Å². The smallest absolute Gasteiger partial charge is 0.157 e. The van der Waals surface area contributed by atoms with Gasteiger partial charge in [0.25, 0.3) is 0 Å². The molecule has 0 radical (unpaired) electrons. The van der Waals surface area contributed by atoms with Crippen molar-refractivity contribution >= 4 is 16.9 Å². The topological polar surface area (TPSA) is 33.6 Å². The van der Waals surface area contributed by atoms with Crippen LogP contribution in [-0.2, 0) is 4.74 Å². The average molecular weight is 258 g/mol. The number of nitrogens with one attached hydrogen (secondary N) is 1. The Bertz CT molecular complexity index is 242. The van der Waals surface area contributed by atoms with Crippen LogP contribution in [0.3, 0.4) is 0 Å². The molecule has 2 atom stereocenters. The summed E-state index contributed by atoms with van der Waals surface area (Å²) in [7, 11) is 0. The highest BCUT2D eigenvalue weighted by atomic mass is 32.2. The molecule has 1 aliphatic rings. The molecule has 1 N–H and O–H groups in total. The van der Waals surface area contributed by atoms with E-state index in [1.807, 2.05) is 18.7 Å². The van der Waals surface area contributed by atoms with Crippen LogP contribution in [0, 0.1) is 5.92 Å². The van der Waals surface area contributed by atoms with Gasteiger partial charge in [0.15, 0.2) is 5.17 Å². The fourth-order valence-corrected chi connectivity index (χ4v) is 3.51. The molecule has 0 aromatic heterocycles. The fraction of sp³-hybridized carbons (Fsp3) is 0.923. The largest absolute Gasteiger partial charge is 0.380 e. The number of thioether (sulfide) groups is 1. The lowest BCUT2D eigenvalue weighted by molar-refractivity contribution is 0.133. The first kappa shape index (κ1) is 14.8. The van der Waals surface area contributed by atoms with Crippen LogP contribution in [0.5, 0.6) is 0 Å². The molecule has 0 bridgehead atoms. The predicted octanol–water partition coefficient (Wildman–Crippen LogP) is 2.91. The van der Waals surface area contributed by atoms with E-state index in [0.29, 0.717) is 11.3 Å². The van der Waals surface area contributed by atoms with Gasteiger partial charge >= 0.3 is 0 Å². The Hall–Kier alpha value is -0.220.